The van der Waals surface area contributed by atoms with Crippen molar-refractivity contribution < 1.29 is 18.7 Å². The van der Waals surface area contributed by atoms with Crippen molar-refractivity contribution in [3.63, 3.8) is 0 Å². The van der Waals surface area contributed by atoms with E-state index in [1.165, 1.54) is 13.0 Å². The molecule has 0 saturated heterocycles. The highest BCUT2D eigenvalue weighted by molar-refractivity contribution is 5.80. The second kappa shape index (κ2) is 5.44. The van der Waals surface area contributed by atoms with E-state index in [4.69, 9.17) is 0 Å². The number of nitrogens with zero attached hydrogens (tertiary/aromatic N) is 1. The molecule has 3 nitrogen and oxygen atoms in total. The Morgan fingerprint density at radius 2 is 1.83 bits per heavy atom. The number of hydrogen-bond donors (Lipinski definition) is 1. The third-order valence-electron chi connectivity index (χ3n) is 3.29. The first kappa shape index (κ1) is 14.6. The fourth-order valence-electron chi connectivity index (χ4n) is 2.10. The van der Waals surface area contributed by atoms with Gasteiger partial charge in [-0.15, -0.1) is 0 Å². The van der Waals surface area contributed by atoms with Crippen molar-refractivity contribution >= 4 is 5.97 Å². The highest BCUT2D eigenvalue weighted by Crippen LogP contribution is 2.29. The number of carbonyl (C=O) groups is 1. The van der Waals surface area contributed by atoms with Crippen LogP contribution in [0.4, 0.5) is 8.78 Å². The largest absolute Gasteiger partial charge is 0.480 e. The van der Waals surface area contributed by atoms with Crippen LogP contribution in [0.15, 0.2) is 18.2 Å². The van der Waals surface area contributed by atoms with Gasteiger partial charge in [-0.1, -0.05) is 19.9 Å². The predicted molar refractivity (Wildman–Crippen MR) is 64.3 cm³/mol. The number of rotatable bonds is 5. The summed E-state index contributed by atoms with van der Waals surface area (Å²) in [5.74, 6) is -3.10. The Labute approximate surface area is 105 Å². The molecule has 0 aliphatic carbocycles. The van der Waals surface area contributed by atoms with E-state index in [-0.39, 0.29) is 5.56 Å². The Morgan fingerprint density at radius 1 is 1.28 bits per heavy atom. The summed E-state index contributed by atoms with van der Waals surface area (Å²) in [6, 6.07) is 3.21. The molecule has 1 atom stereocenters. The van der Waals surface area contributed by atoms with Crippen LogP contribution in [0.1, 0.15) is 26.3 Å². The Morgan fingerprint density at radius 3 is 2.22 bits per heavy atom. The molecule has 0 aliphatic rings. The van der Waals surface area contributed by atoms with Crippen molar-refractivity contribution in [3.8, 4) is 0 Å². The molecule has 0 spiro atoms. The van der Waals surface area contributed by atoms with E-state index in [0.717, 1.165) is 12.1 Å². The first-order chi connectivity index (χ1) is 8.37. The number of carboxylic acid groups (broad SMARTS) is 1. The standard InChI is InChI=1S/C13H17F2NO2/c1-4-16(5-2)13(3,12(17)18)9-6-7-10(14)11(15)8-9/h6-8H,4-5H2,1-3H3,(H,17,18). The number of hydrogen-bond acceptors (Lipinski definition) is 2. The van der Waals surface area contributed by atoms with Crippen LogP contribution in [0.3, 0.4) is 0 Å². The number of benzene rings is 1. The Bertz CT molecular complexity index is 447. The smallest absolute Gasteiger partial charge is 0.328 e. The number of halogens is 2. The van der Waals surface area contributed by atoms with Crippen LogP contribution in [-0.4, -0.2) is 29.1 Å². The minimum Gasteiger partial charge on any atom is -0.480 e. The van der Waals surface area contributed by atoms with Gasteiger partial charge in [-0.3, -0.25) is 4.90 Å². The molecule has 0 aromatic heterocycles. The first-order valence-electron chi connectivity index (χ1n) is 5.81. The maximum absolute atomic E-state index is 13.3. The molecule has 0 heterocycles. The van der Waals surface area contributed by atoms with Crippen LogP contribution >= 0.6 is 0 Å². The van der Waals surface area contributed by atoms with Crippen LogP contribution in [0.5, 0.6) is 0 Å². The normalized spacial score (nSPS) is 14.6. The van der Waals surface area contributed by atoms with Gasteiger partial charge in [0.05, 0.1) is 0 Å². The molecule has 1 N–H and O–H groups in total. The summed E-state index contributed by atoms with van der Waals surface area (Å²) in [6.45, 7) is 6.14. The zero-order valence-corrected chi connectivity index (χ0v) is 10.7. The van der Waals surface area contributed by atoms with Crippen LogP contribution in [-0.2, 0) is 10.3 Å². The fourth-order valence-corrected chi connectivity index (χ4v) is 2.10. The molecule has 1 aromatic carbocycles. The minimum atomic E-state index is -1.36. The maximum Gasteiger partial charge on any atom is 0.328 e. The van der Waals surface area contributed by atoms with Crippen molar-refractivity contribution in [2.75, 3.05) is 13.1 Å². The number of aliphatic carboxylic acids is 1. The molecule has 0 bridgehead atoms. The zero-order valence-electron chi connectivity index (χ0n) is 10.7. The number of carboxylic acids is 1. The van der Waals surface area contributed by atoms with Gasteiger partial charge in [0.2, 0.25) is 0 Å². The van der Waals surface area contributed by atoms with E-state index in [1.54, 1.807) is 4.90 Å². The summed E-state index contributed by atoms with van der Waals surface area (Å²) in [6.07, 6.45) is 0. The summed E-state index contributed by atoms with van der Waals surface area (Å²) in [5, 5.41) is 9.42. The maximum atomic E-state index is 13.3. The fraction of sp³-hybridized carbons (Fsp3) is 0.462. The Balaban J connectivity index is 3.35. The van der Waals surface area contributed by atoms with Crippen LogP contribution in [0.25, 0.3) is 0 Å². The highest BCUT2D eigenvalue weighted by Gasteiger charge is 2.40. The van der Waals surface area contributed by atoms with Crippen LogP contribution in [0, 0.1) is 11.6 Å². The van der Waals surface area contributed by atoms with Crippen LogP contribution < -0.4 is 0 Å². The molecule has 0 saturated carbocycles. The molecule has 18 heavy (non-hydrogen) atoms. The van der Waals surface area contributed by atoms with Gasteiger partial charge in [-0.25, -0.2) is 13.6 Å². The summed E-state index contributed by atoms with van der Waals surface area (Å²) in [5.41, 5.74) is -1.13. The zero-order chi connectivity index (χ0) is 13.9. The molecule has 100 valence electrons. The van der Waals surface area contributed by atoms with Gasteiger partial charge in [0.1, 0.15) is 5.54 Å². The lowest BCUT2D eigenvalue weighted by Gasteiger charge is -2.37. The van der Waals surface area contributed by atoms with Gasteiger partial charge >= 0.3 is 5.97 Å². The van der Waals surface area contributed by atoms with Gasteiger partial charge in [0, 0.05) is 0 Å². The van der Waals surface area contributed by atoms with Crippen molar-refractivity contribution in [2.24, 2.45) is 0 Å². The van der Waals surface area contributed by atoms with E-state index in [0.29, 0.717) is 13.1 Å². The van der Waals surface area contributed by atoms with E-state index in [1.807, 2.05) is 13.8 Å². The molecular formula is C13H17F2NO2. The summed E-state index contributed by atoms with van der Waals surface area (Å²) in [4.78, 5) is 13.2. The van der Waals surface area contributed by atoms with Crippen LogP contribution in [0.2, 0.25) is 0 Å². The van der Waals surface area contributed by atoms with Gasteiger partial charge in [-0.2, -0.15) is 0 Å². The van der Waals surface area contributed by atoms with Gasteiger partial charge < -0.3 is 5.11 Å². The third kappa shape index (κ3) is 2.36. The molecule has 1 rings (SSSR count). The Hall–Kier alpha value is -1.49. The van der Waals surface area contributed by atoms with Crippen molar-refractivity contribution in [1.29, 1.82) is 0 Å². The lowest BCUT2D eigenvalue weighted by Crippen LogP contribution is -2.49. The molecule has 0 radical (unpaired) electrons. The molecule has 0 amide bonds. The van der Waals surface area contributed by atoms with Gasteiger partial charge in [0.25, 0.3) is 0 Å². The van der Waals surface area contributed by atoms with Gasteiger partial charge in [-0.05, 0) is 37.7 Å². The van der Waals surface area contributed by atoms with Crippen molar-refractivity contribution in [3.05, 3.63) is 35.4 Å². The second-order valence-corrected chi connectivity index (χ2v) is 4.18. The Kier molecular flexibility index (Phi) is 4.40. The SMILES string of the molecule is CCN(CC)C(C)(C(=O)O)c1ccc(F)c(F)c1. The van der Waals surface area contributed by atoms with E-state index in [9.17, 15) is 18.7 Å². The molecule has 5 heteroatoms. The van der Waals surface area contributed by atoms with E-state index < -0.39 is 23.1 Å². The third-order valence-corrected chi connectivity index (χ3v) is 3.29. The van der Waals surface area contributed by atoms with E-state index in [2.05, 4.69) is 0 Å². The van der Waals surface area contributed by atoms with Crippen molar-refractivity contribution in [2.45, 2.75) is 26.3 Å². The molecule has 0 aliphatic heterocycles. The quantitative estimate of drug-likeness (QED) is 0.881. The summed E-state index contributed by atoms with van der Waals surface area (Å²) >= 11 is 0. The average molecular weight is 257 g/mol. The average Bonchev–Trinajstić information content (AvgIpc) is 2.33. The first-order valence-corrected chi connectivity index (χ1v) is 5.81. The number of likely N-dealkylation sites (N-methyl/N-ethyl adjacent to an activating group) is 1. The lowest BCUT2D eigenvalue weighted by molar-refractivity contribution is -0.151. The monoisotopic (exact) mass is 257 g/mol. The predicted octanol–water partition coefficient (Wildman–Crippen LogP) is 2.61. The van der Waals surface area contributed by atoms with Crippen molar-refractivity contribution in [1.82, 2.24) is 4.90 Å². The highest BCUT2D eigenvalue weighted by atomic mass is 19.2. The minimum absolute atomic E-state index is 0.234. The lowest BCUT2D eigenvalue weighted by atomic mass is 9.89. The second-order valence-electron chi connectivity index (χ2n) is 4.18. The molecule has 1 unspecified atom stereocenters. The molecular weight excluding hydrogens is 240 g/mol. The van der Waals surface area contributed by atoms with E-state index >= 15 is 0 Å². The summed E-state index contributed by atoms with van der Waals surface area (Å²) in [7, 11) is 0. The van der Waals surface area contributed by atoms with Gasteiger partial charge in [0.15, 0.2) is 11.6 Å². The molecule has 0 fully saturated rings. The summed E-state index contributed by atoms with van der Waals surface area (Å²) < 4.78 is 26.2. The topological polar surface area (TPSA) is 40.5 Å². The molecule has 1 aromatic rings.